The molecule has 94 valence electrons. The van der Waals surface area contributed by atoms with Crippen LogP contribution in [0.5, 0.6) is 0 Å². The first-order chi connectivity index (χ1) is 8.19. The highest BCUT2D eigenvalue weighted by Gasteiger charge is 2.11. The van der Waals surface area contributed by atoms with Crippen LogP contribution in [-0.2, 0) is 11.3 Å². The Morgan fingerprint density at radius 3 is 2.82 bits per heavy atom. The summed E-state index contributed by atoms with van der Waals surface area (Å²) in [5.41, 5.74) is 2.82. The summed E-state index contributed by atoms with van der Waals surface area (Å²) in [4.78, 5) is 11.6. The molecule has 17 heavy (non-hydrogen) atoms. The number of rotatable bonds is 6. The van der Waals surface area contributed by atoms with Crippen LogP contribution >= 0.6 is 0 Å². The lowest BCUT2D eigenvalue weighted by Gasteiger charge is -2.10. The summed E-state index contributed by atoms with van der Waals surface area (Å²) in [6.07, 6.45) is 2.32. The normalized spacial score (nSPS) is 10.3. The van der Waals surface area contributed by atoms with Crippen molar-refractivity contribution in [1.82, 2.24) is 5.32 Å². The molecule has 0 fully saturated rings. The molecular weight excluding hydrogens is 214 g/mol. The van der Waals surface area contributed by atoms with Crippen LogP contribution in [0.2, 0.25) is 0 Å². The number of unbranched alkanes of at least 4 members (excludes halogenated alkanes) is 1. The van der Waals surface area contributed by atoms with Gasteiger partial charge in [0.1, 0.15) is 0 Å². The molecule has 0 aromatic heterocycles. The minimum atomic E-state index is -0.266. The molecule has 3 heteroatoms. The van der Waals surface area contributed by atoms with E-state index in [1.807, 2.05) is 25.1 Å². The van der Waals surface area contributed by atoms with Gasteiger partial charge in [0.15, 0.2) is 0 Å². The van der Waals surface area contributed by atoms with Crippen LogP contribution in [0.4, 0.5) is 0 Å². The summed E-state index contributed by atoms with van der Waals surface area (Å²) in [6.45, 7) is 5.88. The molecule has 3 nitrogen and oxygen atoms in total. The summed E-state index contributed by atoms with van der Waals surface area (Å²) in [6, 6.07) is 5.80. The molecule has 1 aromatic rings. The third-order valence-corrected chi connectivity index (χ3v) is 2.69. The smallest absolute Gasteiger partial charge is 0.338 e. The van der Waals surface area contributed by atoms with E-state index in [-0.39, 0.29) is 5.97 Å². The first-order valence-corrected chi connectivity index (χ1v) is 6.07. The van der Waals surface area contributed by atoms with E-state index in [4.69, 9.17) is 4.74 Å². The lowest BCUT2D eigenvalue weighted by molar-refractivity contribution is 0.0599. The Morgan fingerprint density at radius 2 is 2.18 bits per heavy atom. The number of aryl methyl sites for hydroxylation is 1. The third-order valence-electron chi connectivity index (χ3n) is 2.69. The Kier molecular flexibility index (Phi) is 5.70. The molecule has 0 amide bonds. The summed E-state index contributed by atoms with van der Waals surface area (Å²) < 4.78 is 4.78. The molecule has 0 unspecified atom stereocenters. The first-order valence-electron chi connectivity index (χ1n) is 6.07. The van der Waals surface area contributed by atoms with E-state index in [1.54, 1.807) is 0 Å². The molecule has 1 aromatic carbocycles. The van der Waals surface area contributed by atoms with Gasteiger partial charge in [-0.15, -0.1) is 0 Å². The Bertz CT molecular complexity index is 374. The largest absolute Gasteiger partial charge is 0.465 e. The Hall–Kier alpha value is -1.35. The van der Waals surface area contributed by atoms with E-state index < -0.39 is 0 Å². The van der Waals surface area contributed by atoms with Crippen molar-refractivity contribution in [2.75, 3.05) is 13.7 Å². The Labute approximate surface area is 103 Å². The fourth-order valence-corrected chi connectivity index (χ4v) is 1.70. The highest BCUT2D eigenvalue weighted by molar-refractivity contribution is 5.91. The van der Waals surface area contributed by atoms with Crippen LogP contribution in [-0.4, -0.2) is 19.6 Å². The molecule has 0 aliphatic heterocycles. The molecule has 0 saturated heterocycles. The highest BCUT2D eigenvalue weighted by atomic mass is 16.5. The van der Waals surface area contributed by atoms with Crippen molar-refractivity contribution >= 4 is 5.97 Å². The second-order valence-corrected chi connectivity index (χ2v) is 4.18. The van der Waals surface area contributed by atoms with E-state index in [0.717, 1.165) is 24.1 Å². The van der Waals surface area contributed by atoms with Gasteiger partial charge in [0, 0.05) is 6.54 Å². The van der Waals surface area contributed by atoms with Gasteiger partial charge in [0.2, 0.25) is 0 Å². The van der Waals surface area contributed by atoms with Gasteiger partial charge in [-0.1, -0.05) is 31.0 Å². The summed E-state index contributed by atoms with van der Waals surface area (Å²) in [5, 5.41) is 3.34. The molecule has 0 saturated carbocycles. The number of hydrogen-bond donors (Lipinski definition) is 1. The molecule has 0 aliphatic carbocycles. The number of nitrogens with one attached hydrogen (secondary N) is 1. The number of ether oxygens (including phenoxy) is 1. The average Bonchev–Trinajstić information content (AvgIpc) is 2.34. The minimum absolute atomic E-state index is 0.266. The second kappa shape index (κ2) is 7.07. The lowest BCUT2D eigenvalue weighted by atomic mass is 10.0. The topological polar surface area (TPSA) is 38.3 Å². The van der Waals surface area contributed by atoms with Crippen molar-refractivity contribution in [1.29, 1.82) is 0 Å². The van der Waals surface area contributed by atoms with Crippen molar-refractivity contribution in [3.05, 3.63) is 34.9 Å². The van der Waals surface area contributed by atoms with E-state index in [1.165, 1.54) is 13.5 Å². The van der Waals surface area contributed by atoms with E-state index in [9.17, 15) is 4.79 Å². The lowest BCUT2D eigenvalue weighted by Crippen LogP contribution is -2.17. The molecular formula is C14H21NO2. The van der Waals surface area contributed by atoms with Crippen molar-refractivity contribution in [2.24, 2.45) is 0 Å². The van der Waals surface area contributed by atoms with Gasteiger partial charge in [-0.25, -0.2) is 4.79 Å². The minimum Gasteiger partial charge on any atom is -0.465 e. The number of methoxy groups -OCH3 is 1. The molecule has 1 rings (SSSR count). The highest BCUT2D eigenvalue weighted by Crippen LogP contribution is 2.13. The molecule has 0 bridgehead atoms. The van der Waals surface area contributed by atoms with Crippen molar-refractivity contribution in [3.63, 3.8) is 0 Å². The van der Waals surface area contributed by atoms with Crippen LogP contribution in [0.1, 0.15) is 41.3 Å². The van der Waals surface area contributed by atoms with Crippen LogP contribution in [0.25, 0.3) is 0 Å². The fraction of sp³-hybridized carbons (Fsp3) is 0.500. The number of hydrogen-bond acceptors (Lipinski definition) is 3. The zero-order valence-electron chi connectivity index (χ0n) is 10.9. The summed E-state index contributed by atoms with van der Waals surface area (Å²) in [5.74, 6) is -0.266. The van der Waals surface area contributed by atoms with E-state index in [2.05, 4.69) is 12.2 Å². The summed E-state index contributed by atoms with van der Waals surface area (Å²) in [7, 11) is 1.41. The maximum atomic E-state index is 11.6. The van der Waals surface area contributed by atoms with Gasteiger partial charge in [0.05, 0.1) is 12.7 Å². The fourth-order valence-electron chi connectivity index (χ4n) is 1.70. The predicted molar refractivity (Wildman–Crippen MR) is 69.1 cm³/mol. The van der Waals surface area contributed by atoms with Gasteiger partial charge in [-0.2, -0.15) is 0 Å². The van der Waals surface area contributed by atoms with Crippen LogP contribution in [0.15, 0.2) is 18.2 Å². The molecule has 0 radical (unpaired) electrons. The van der Waals surface area contributed by atoms with E-state index in [0.29, 0.717) is 12.1 Å². The van der Waals surface area contributed by atoms with Crippen molar-refractivity contribution in [3.8, 4) is 0 Å². The molecule has 1 N–H and O–H groups in total. The van der Waals surface area contributed by atoms with Crippen LogP contribution in [0, 0.1) is 6.92 Å². The maximum absolute atomic E-state index is 11.6. The maximum Gasteiger partial charge on any atom is 0.338 e. The zero-order chi connectivity index (χ0) is 12.7. The van der Waals surface area contributed by atoms with E-state index >= 15 is 0 Å². The molecule has 0 heterocycles. The van der Waals surface area contributed by atoms with Gasteiger partial charge >= 0.3 is 5.97 Å². The van der Waals surface area contributed by atoms with Gasteiger partial charge in [0.25, 0.3) is 0 Å². The predicted octanol–water partition coefficient (Wildman–Crippen LogP) is 2.67. The number of carbonyl (C=O) groups is 1. The molecule has 0 aliphatic rings. The monoisotopic (exact) mass is 235 g/mol. The third kappa shape index (κ3) is 4.19. The van der Waals surface area contributed by atoms with Crippen LogP contribution in [0.3, 0.4) is 0 Å². The summed E-state index contributed by atoms with van der Waals surface area (Å²) >= 11 is 0. The zero-order valence-corrected chi connectivity index (χ0v) is 10.9. The first kappa shape index (κ1) is 13.7. The van der Waals surface area contributed by atoms with Crippen molar-refractivity contribution in [2.45, 2.75) is 33.2 Å². The van der Waals surface area contributed by atoms with Gasteiger partial charge in [-0.05, 0) is 31.5 Å². The van der Waals surface area contributed by atoms with Gasteiger partial charge in [-0.3, -0.25) is 0 Å². The van der Waals surface area contributed by atoms with Gasteiger partial charge < -0.3 is 10.1 Å². The number of benzene rings is 1. The Morgan fingerprint density at radius 1 is 1.41 bits per heavy atom. The quantitative estimate of drug-likeness (QED) is 0.608. The second-order valence-electron chi connectivity index (χ2n) is 4.18. The molecule has 0 atom stereocenters. The molecule has 0 spiro atoms. The number of carbonyl (C=O) groups excluding carboxylic acids is 1. The standard InChI is InChI=1S/C14H21NO2/c1-4-5-8-15-10-12-9-11(2)6-7-13(12)14(16)17-3/h6-7,9,15H,4-5,8,10H2,1-3H3. The Balaban J connectivity index is 2.73. The van der Waals surface area contributed by atoms with Crippen LogP contribution < -0.4 is 5.32 Å². The average molecular weight is 235 g/mol. The SMILES string of the molecule is CCCCNCc1cc(C)ccc1C(=O)OC. The number of esters is 1. The van der Waals surface area contributed by atoms with Crippen molar-refractivity contribution < 1.29 is 9.53 Å².